The summed E-state index contributed by atoms with van der Waals surface area (Å²) in [4.78, 5) is 29.4. The lowest BCUT2D eigenvalue weighted by Crippen LogP contribution is -2.51. The monoisotopic (exact) mass is 349 g/mol. The number of carbonyl (C=O) groups excluding carboxylic acids is 2. The molecule has 0 radical (unpaired) electrons. The van der Waals surface area contributed by atoms with Gasteiger partial charge >= 0.3 is 0 Å². The van der Waals surface area contributed by atoms with E-state index in [4.69, 9.17) is 4.74 Å². The van der Waals surface area contributed by atoms with Gasteiger partial charge in [-0.25, -0.2) is 0 Å². The Morgan fingerprint density at radius 2 is 1.52 bits per heavy atom. The van der Waals surface area contributed by atoms with Gasteiger partial charge in [0.1, 0.15) is 0 Å². The number of fused-ring (bicyclic) bond motifs is 1. The summed E-state index contributed by atoms with van der Waals surface area (Å²) in [6, 6.07) is 0.572. The molecule has 0 spiro atoms. The third-order valence-corrected chi connectivity index (χ3v) is 6.64. The van der Waals surface area contributed by atoms with E-state index in [1.807, 2.05) is 9.80 Å². The molecule has 3 atom stereocenters. The van der Waals surface area contributed by atoms with E-state index < -0.39 is 0 Å². The first-order valence-electron chi connectivity index (χ1n) is 10.1. The Labute approximate surface area is 150 Å². The van der Waals surface area contributed by atoms with Gasteiger partial charge in [0.05, 0.1) is 19.3 Å². The van der Waals surface area contributed by atoms with Crippen LogP contribution in [0.1, 0.15) is 44.9 Å². The number of likely N-dealkylation sites (tertiary alicyclic amines) is 1. The van der Waals surface area contributed by atoms with E-state index in [0.29, 0.717) is 38.3 Å². The number of morpholine rings is 1. The molecule has 3 heterocycles. The molecule has 25 heavy (non-hydrogen) atoms. The first kappa shape index (κ1) is 17.3. The van der Waals surface area contributed by atoms with E-state index in [1.165, 1.54) is 25.7 Å². The average molecular weight is 349 g/mol. The zero-order valence-corrected chi connectivity index (χ0v) is 15.1. The number of ether oxygens (including phenoxy) is 1. The van der Waals surface area contributed by atoms with Crippen LogP contribution in [0.2, 0.25) is 0 Å². The molecular weight excluding hydrogens is 318 g/mol. The van der Waals surface area contributed by atoms with Gasteiger partial charge in [0, 0.05) is 38.1 Å². The van der Waals surface area contributed by atoms with Crippen molar-refractivity contribution in [2.75, 3.05) is 39.4 Å². The van der Waals surface area contributed by atoms with Crippen molar-refractivity contribution in [3.63, 3.8) is 0 Å². The van der Waals surface area contributed by atoms with Crippen molar-refractivity contribution in [1.29, 1.82) is 0 Å². The molecule has 0 aromatic rings. The van der Waals surface area contributed by atoms with E-state index >= 15 is 0 Å². The lowest BCUT2D eigenvalue weighted by atomic mass is 9.85. The molecule has 1 N–H and O–H groups in total. The molecule has 1 aliphatic carbocycles. The van der Waals surface area contributed by atoms with E-state index in [1.54, 1.807) is 0 Å². The lowest BCUT2D eigenvalue weighted by molar-refractivity contribution is -0.144. The molecule has 0 bridgehead atoms. The second-order valence-electron chi connectivity index (χ2n) is 8.14. The SMILES string of the molecule is O=C(C1CCN(C(=O)C2CC3CCCCC3N2)CC1)N1CCOCC1. The topological polar surface area (TPSA) is 61.9 Å². The van der Waals surface area contributed by atoms with Gasteiger partial charge < -0.3 is 19.9 Å². The molecule has 6 heteroatoms. The minimum absolute atomic E-state index is 0.0135. The van der Waals surface area contributed by atoms with Crippen LogP contribution in [0.25, 0.3) is 0 Å². The summed E-state index contributed by atoms with van der Waals surface area (Å²) >= 11 is 0. The molecule has 1 saturated carbocycles. The molecule has 0 aromatic heterocycles. The van der Waals surface area contributed by atoms with Gasteiger partial charge in [0.25, 0.3) is 0 Å². The largest absolute Gasteiger partial charge is 0.378 e. The van der Waals surface area contributed by atoms with Crippen LogP contribution in [-0.2, 0) is 14.3 Å². The number of amides is 2. The summed E-state index contributed by atoms with van der Waals surface area (Å²) in [6.45, 7) is 4.19. The van der Waals surface area contributed by atoms with Crippen molar-refractivity contribution in [2.45, 2.75) is 57.0 Å². The Balaban J connectivity index is 1.27. The molecule has 6 nitrogen and oxygen atoms in total. The van der Waals surface area contributed by atoms with E-state index in [9.17, 15) is 9.59 Å². The number of hydrogen-bond donors (Lipinski definition) is 1. The Hall–Kier alpha value is -1.14. The summed E-state index contributed by atoms with van der Waals surface area (Å²) in [5.74, 6) is 1.32. The highest BCUT2D eigenvalue weighted by atomic mass is 16.5. The first-order valence-corrected chi connectivity index (χ1v) is 10.1. The molecule has 140 valence electrons. The highest BCUT2D eigenvalue weighted by molar-refractivity contribution is 5.83. The number of carbonyl (C=O) groups is 2. The lowest BCUT2D eigenvalue weighted by Gasteiger charge is -2.36. The highest BCUT2D eigenvalue weighted by Crippen LogP contribution is 2.34. The van der Waals surface area contributed by atoms with Gasteiger partial charge in [0.15, 0.2) is 0 Å². The normalized spacial score (nSPS) is 34.0. The highest BCUT2D eigenvalue weighted by Gasteiger charge is 2.40. The second-order valence-corrected chi connectivity index (χ2v) is 8.14. The predicted octanol–water partition coefficient (Wildman–Crippen LogP) is 1.00. The molecule has 4 fully saturated rings. The van der Waals surface area contributed by atoms with Gasteiger partial charge in [-0.15, -0.1) is 0 Å². The number of piperidine rings is 1. The van der Waals surface area contributed by atoms with Crippen LogP contribution >= 0.6 is 0 Å². The fourth-order valence-corrected chi connectivity index (χ4v) is 5.12. The Morgan fingerprint density at radius 1 is 0.840 bits per heavy atom. The maximum atomic E-state index is 12.9. The Bertz CT molecular complexity index is 484. The first-order chi connectivity index (χ1) is 12.2. The number of rotatable bonds is 2. The summed E-state index contributed by atoms with van der Waals surface area (Å²) < 4.78 is 5.33. The molecule has 0 aromatic carbocycles. The average Bonchev–Trinajstić information content (AvgIpc) is 3.12. The van der Waals surface area contributed by atoms with Crippen LogP contribution < -0.4 is 5.32 Å². The quantitative estimate of drug-likeness (QED) is 0.808. The van der Waals surface area contributed by atoms with E-state index in [-0.39, 0.29) is 23.8 Å². The smallest absolute Gasteiger partial charge is 0.239 e. The maximum Gasteiger partial charge on any atom is 0.239 e. The summed E-state index contributed by atoms with van der Waals surface area (Å²) in [7, 11) is 0. The van der Waals surface area contributed by atoms with Crippen LogP contribution in [0.5, 0.6) is 0 Å². The van der Waals surface area contributed by atoms with Crippen LogP contribution in [-0.4, -0.2) is 73.1 Å². The maximum absolute atomic E-state index is 12.9. The van der Waals surface area contributed by atoms with Crippen LogP contribution in [0.3, 0.4) is 0 Å². The van der Waals surface area contributed by atoms with Crippen molar-refractivity contribution in [2.24, 2.45) is 11.8 Å². The summed E-state index contributed by atoms with van der Waals surface area (Å²) in [5.41, 5.74) is 0. The number of nitrogens with zero attached hydrogens (tertiary/aromatic N) is 2. The third kappa shape index (κ3) is 3.70. The number of nitrogens with one attached hydrogen (secondary N) is 1. The zero-order chi connectivity index (χ0) is 17.2. The minimum atomic E-state index is 0.0135. The van der Waals surface area contributed by atoms with E-state index in [0.717, 1.165) is 32.4 Å². The molecular formula is C19H31N3O3. The molecule has 3 saturated heterocycles. The van der Waals surface area contributed by atoms with Crippen molar-refractivity contribution in [1.82, 2.24) is 15.1 Å². The third-order valence-electron chi connectivity index (χ3n) is 6.64. The van der Waals surface area contributed by atoms with Crippen molar-refractivity contribution < 1.29 is 14.3 Å². The zero-order valence-electron chi connectivity index (χ0n) is 15.1. The van der Waals surface area contributed by atoms with Gasteiger partial charge in [0.2, 0.25) is 11.8 Å². The second kappa shape index (κ2) is 7.62. The summed E-state index contributed by atoms with van der Waals surface area (Å²) in [6.07, 6.45) is 7.74. The fraction of sp³-hybridized carbons (Fsp3) is 0.895. The van der Waals surface area contributed by atoms with E-state index in [2.05, 4.69) is 5.32 Å². The molecule has 3 aliphatic heterocycles. The Morgan fingerprint density at radius 3 is 2.24 bits per heavy atom. The fourth-order valence-electron chi connectivity index (χ4n) is 5.12. The Kier molecular flexibility index (Phi) is 5.27. The van der Waals surface area contributed by atoms with Gasteiger partial charge in [-0.2, -0.15) is 0 Å². The van der Waals surface area contributed by atoms with Gasteiger partial charge in [-0.3, -0.25) is 9.59 Å². The van der Waals surface area contributed by atoms with Crippen LogP contribution in [0.15, 0.2) is 0 Å². The van der Waals surface area contributed by atoms with Gasteiger partial charge in [-0.05, 0) is 38.0 Å². The van der Waals surface area contributed by atoms with Crippen LogP contribution in [0, 0.1) is 11.8 Å². The van der Waals surface area contributed by atoms with Crippen molar-refractivity contribution >= 4 is 11.8 Å². The van der Waals surface area contributed by atoms with Crippen molar-refractivity contribution in [3.8, 4) is 0 Å². The van der Waals surface area contributed by atoms with Crippen molar-refractivity contribution in [3.05, 3.63) is 0 Å². The molecule has 4 aliphatic rings. The minimum Gasteiger partial charge on any atom is -0.378 e. The summed E-state index contributed by atoms with van der Waals surface area (Å²) in [5, 5.41) is 3.60. The molecule has 2 amide bonds. The van der Waals surface area contributed by atoms with Gasteiger partial charge in [-0.1, -0.05) is 12.8 Å². The van der Waals surface area contributed by atoms with Crippen LogP contribution in [0.4, 0.5) is 0 Å². The number of hydrogen-bond acceptors (Lipinski definition) is 4. The predicted molar refractivity (Wildman–Crippen MR) is 94.0 cm³/mol. The standard InChI is InChI=1S/C19H31N3O3/c23-18(22-9-11-25-12-10-22)14-5-7-21(8-6-14)19(24)17-13-15-3-1-2-4-16(15)20-17/h14-17,20H,1-13H2. The molecule has 4 rings (SSSR count). The molecule has 3 unspecified atom stereocenters.